The Morgan fingerprint density at radius 3 is 1.83 bits per heavy atom. The van der Waals surface area contributed by atoms with Crippen LogP contribution in [-0.4, -0.2) is 20.9 Å². The molecule has 0 aliphatic rings. The summed E-state index contributed by atoms with van der Waals surface area (Å²) in [7, 11) is 0. The maximum atomic E-state index is 10.0. The molecule has 0 spiro atoms. The van der Waals surface area contributed by atoms with E-state index in [0.29, 0.717) is 28.9 Å². The normalized spacial score (nSPS) is 9.83. The van der Waals surface area contributed by atoms with Crippen molar-refractivity contribution in [3.8, 4) is 23.3 Å². The molecule has 0 atom stereocenters. The van der Waals surface area contributed by atoms with E-state index < -0.39 is 0 Å². The second kappa shape index (κ2) is 12.9. The molecular weight excluding hydrogens is 565 g/mol. The summed E-state index contributed by atoms with van der Waals surface area (Å²) in [5.41, 5.74) is 0.385. The standard InChI is InChI=1S/C17H10N3O2.C5H8O2.Pt/c1-18-13-10-14(21-16-6-2-4-8-19-16)12-15(11-13)22-17-7-3-5-9-20-17;1-4(6)3-5(2)7;/h2-11H;3,6H,1-2H3;/q-1;;/b;4-3-;. The van der Waals surface area contributed by atoms with Crippen LogP contribution in [-0.2, 0) is 25.9 Å². The third kappa shape index (κ3) is 9.13. The van der Waals surface area contributed by atoms with Crippen molar-refractivity contribution in [2.75, 3.05) is 0 Å². The molecule has 8 heteroatoms. The average Bonchev–Trinajstić information content (AvgIpc) is 2.69. The van der Waals surface area contributed by atoms with Crippen LogP contribution in [0.15, 0.2) is 72.8 Å². The summed E-state index contributed by atoms with van der Waals surface area (Å²) >= 11 is 0. The topological polar surface area (TPSA) is 85.9 Å². The molecule has 2 aromatic heterocycles. The molecule has 0 aliphatic carbocycles. The van der Waals surface area contributed by atoms with Gasteiger partial charge in [0.05, 0.1) is 18.0 Å². The number of aromatic nitrogens is 2. The number of nitrogens with zero attached hydrogens (tertiary/aromatic N) is 3. The molecule has 0 saturated carbocycles. The molecule has 0 amide bonds. The number of hydrogen-bond acceptors (Lipinski definition) is 6. The molecule has 3 aromatic rings. The van der Waals surface area contributed by atoms with E-state index in [4.69, 9.17) is 21.2 Å². The molecule has 3 rings (SSSR count). The van der Waals surface area contributed by atoms with Crippen LogP contribution in [0.1, 0.15) is 13.8 Å². The number of benzene rings is 1. The molecule has 2 heterocycles. The van der Waals surface area contributed by atoms with Crippen molar-refractivity contribution >= 4 is 11.5 Å². The number of ketones is 1. The van der Waals surface area contributed by atoms with Gasteiger partial charge in [0.2, 0.25) is 11.8 Å². The SMILES string of the molecule is CC(=O)/C=C(/C)O.[C-]#[N+]c1cc(Oc2ccccn2)[c-]c(Oc2ccccn2)c1.[Pt]. The first-order chi connectivity index (χ1) is 14.0. The number of ether oxygens (including phenoxy) is 2. The first kappa shape index (κ1) is 24.5. The van der Waals surface area contributed by atoms with E-state index in [9.17, 15) is 4.79 Å². The van der Waals surface area contributed by atoms with E-state index in [1.54, 1.807) is 48.8 Å². The van der Waals surface area contributed by atoms with Crippen LogP contribution in [0.5, 0.6) is 23.3 Å². The van der Waals surface area contributed by atoms with E-state index in [2.05, 4.69) is 20.9 Å². The van der Waals surface area contributed by atoms with E-state index >= 15 is 0 Å². The Morgan fingerprint density at radius 1 is 1.03 bits per heavy atom. The predicted octanol–water partition coefficient (Wildman–Crippen LogP) is 5.45. The molecule has 156 valence electrons. The van der Waals surface area contributed by atoms with Crippen LogP contribution >= 0.6 is 0 Å². The van der Waals surface area contributed by atoms with E-state index in [0.717, 1.165) is 0 Å². The van der Waals surface area contributed by atoms with Gasteiger partial charge in [0, 0.05) is 63.2 Å². The number of aliphatic hydroxyl groups is 1. The molecule has 0 bridgehead atoms. The molecular formula is C22H18N3O4Pt-. The van der Waals surface area contributed by atoms with Crippen molar-refractivity contribution in [3.63, 3.8) is 0 Å². The zero-order valence-corrected chi connectivity index (χ0v) is 18.5. The monoisotopic (exact) mass is 583 g/mol. The van der Waals surface area contributed by atoms with Crippen LogP contribution < -0.4 is 9.47 Å². The minimum atomic E-state index is -0.125. The summed E-state index contributed by atoms with van der Waals surface area (Å²) in [5.74, 6) is 1.50. The van der Waals surface area contributed by atoms with E-state index in [1.165, 1.54) is 19.9 Å². The van der Waals surface area contributed by atoms with E-state index in [1.807, 2.05) is 12.1 Å². The predicted molar refractivity (Wildman–Crippen MR) is 107 cm³/mol. The van der Waals surface area contributed by atoms with Gasteiger partial charge in [-0.15, -0.1) is 12.1 Å². The van der Waals surface area contributed by atoms with Crippen molar-refractivity contribution in [2.24, 2.45) is 0 Å². The van der Waals surface area contributed by atoms with Gasteiger partial charge in [0.25, 0.3) is 0 Å². The second-order valence-electron chi connectivity index (χ2n) is 5.62. The zero-order chi connectivity index (χ0) is 21.1. The maximum absolute atomic E-state index is 10.0. The molecule has 30 heavy (non-hydrogen) atoms. The maximum Gasteiger partial charge on any atom is 0.216 e. The van der Waals surface area contributed by atoms with Crippen LogP contribution in [0, 0.1) is 12.6 Å². The van der Waals surface area contributed by atoms with E-state index in [-0.39, 0.29) is 32.6 Å². The Bertz CT molecular complexity index is 956. The fourth-order valence-corrected chi connectivity index (χ4v) is 2.01. The van der Waals surface area contributed by atoms with Gasteiger partial charge in [-0.25, -0.2) is 9.97 Å². The first-order valence-corrected chi connectivity index (χ1v) is 8.46. The van der Waals surface area contributed by atoms with Crippen molar-refractivity contribution in [1.29, 1.82) is 0 Å². The summed E-state index contributed by atoms with van der Waals surface area (Å²) in [4.78, 5) is 21.6. The van der Waals surface area contributed by atoms with Crippen molar-refractivity contribution < 1.29 is 40.4 Å². The zero-order valence-electron chi connectivity index (χ0n) is 16.2. The van der Waals surface area contributed by atoms with Gasteiger partial charge in [-0.05, 0) is 26.0 Å². The van der Waals surface area contributed by atoms with Gasteiger partial charge in [0.1, 0.15) is 0 Å². The van der Waals surface area contributed by atoms with Crippen LogP contribution in [0.3, 0.4) is 0 Å². The number of carbonyl (C=O) groups is 1. The molecule has 0 aliphatic heterocycles. The van der Waals surface area contributed by atoms with Crippen molar-refractivity contribution in [3.05, 3.63) is 90.2 Å². The summed E-state index contributed by atoms with van der Waals surface area (Å²) in [6.07, 6.45) is 4.42. The third-order valence-electron chi connectivity index (χ3n) is 3.05. The molecule has 0 saturated heterocycles. The summed E-state index contributed by atoms with van der Waals surface area (Å²) in [6.45, 7) is 10.0. The van der Waals surface area contributed by atoms with Crippen LogP contribution in [0.4, 0.5) is 5.69 Å². The number of carbonyl (C=O) groups excluding carboxylic acids is 1. The van der Waals surface area contributed by atoms with Crippen LogP contribution in [0.2, 0.25) is 0 Å². The Hall–Kier alpha value is -3.49. The molecule has 1 aromatic carbocycles. The molecule has 0 radical (unpaired) electrons. The van der Waals surface area contributed by atoms with Gasteiger partial charge in [-0.1, -0.05) is 18.2 Å². The Labute approximate surface area is 189 Å². The smallest absolute Gasteiger partial charge is 0.216 e. The second-order valence-corrected chi connectivity index (χ2v) is 5.62. The first-order valence-electron chi connectivity index (χ1n) is 8.46. The molecule has 7 nitrogen and oxygen atoms in total. The van der Waals surface area contributed by atoms with Gasteiger partial charge in [-0.2, -0.15) is 0 Å². The summed E-state index contributed by atoms with van der Waals surface area (Å²) in [6, 6.07) is 16.8. The number of aliphatic hydroxyl groups excluding tert-OH is 1. The molecule has 0 unspecified atom stereocenters. The fourth-order valence-electron chi connectivity index (χ4n) is 2.01. The third-order valence-corrected chi connectivity index (χ3v) is 3.05. The van der Waals surface area contributed by atoms with Gasteiger partial charge in [0.15, 0.2) is 5.78 Å². The van der Waals surface area contributed by atoms with Crippen molar-refractivity contribution in [1.82, 2.24) is 9.97 Å². The largest absolute Gasteiger partial charge is 0.512 e. The quantitative estimate of drug-likeness (QED) is 0.245. The number of pyridine rings is 2. The van der Waals surface area contributed by atoms with Gasteiger partial charge < -0.3 is 14.6 Å². The van der Waals surface area contributed by atoms with Gasteiger partial charge >= 0.3 is 0 Å². The average molecular weight is 583 g/mol. The Balaban J connectivity index is 0.000000489. The Kier molecular flexibility index (Phi) is 10.5. The molecule has 1 N–H and O–H groups in total. The summed E-state index contributed by atoms with van der Waals surface area (Å²) in [5, 5.41) is 8.36. The number of rotatable bonds is 5. The fraction of sp³-hybridized carbons (Fsp3) is 0.0909. The summed E-state index contributed by atoms with van der Waals surface area (Å²) < 4.78 is 11.2. The number of hydrogen-bond donors (Lipinski definition) is 1. The Morgan fingerprint density at radius 2 is 1.53 bits per heavy atom. The minimum Gasteiger partial charge on any atom is -0.512 e. The van der Waals surface area contributed by atoms with Crippen molar-refractivity contribution in [2.45, 2.75) is 13.8 Å². The van der Waals surface area contributed by atoms with Crippen LogP contribution in [0.25, 0.3) is 4.85 Å². The number of allylic oxidation sites excluding steroid dienone is 2. The van der Waals surface area contributed by atoms with Gasteiger partial charge in [-0.3, -0.25) is 9.64 Å². The minimum absolute atomic E-state index is 0. The molecule has 0 fully saturated rings.